The molecule has 0 radical (unpaired) electrons. The van der Waals surface area contributed by atoms with Crippen molar-refractivity contribution in [3.05, 3.63) is 25.3 Å². The zero-order valence-electron chi connectivity index (χ0n) is 11.9. The van der Waals surface area contributed by atoms with Crippen LogP contribution in [0.25, 0.3) is 0 Å². The highest BCUT2D eigenvalue weighted by Crippen LogP contribution is 2.46. The van der Waals surface area contributed by atoms with Crippen molar-refractivity contribution in [1.82, 2.24) is 0 Å². The van der Waals surface area contributed by atoms with E-state index in [1.54, 1.807) is 0 Å². The van der Waals surface area contributed by atoms with Gasteiger partial charge in [-0.15, -0.1) is 13.2 Å². The molecule has 0 aliphatic heterocycles. The van der Waals surface area contributed by atoms with Crippen molar-refractivity contribution in [2.75, 3.05) is 0 Å². The molecule has 0 spiro atoms. The molecule has 0 aromatic rings. The predicted molar refractivity (Wildman–Crippen MR) is 80.5 cm³/mol. The fraction of sp³-hybridized carbons (Fsp3) is 0.778. The van der Waals surface area contributed by atoms with Crippen LogP contribution in [0.5, 0.6) is 0 Å². The van der Waals surface area contributed by atoms with E-state index in [2.05, 4.69) is 25.3 Å². The molecule has 4 unspecified atom stereocenters. The van der Waals surface area contributed by atoms with E-state index >= 15 is 0 Å². The van der Waals surface area contributed by atoms with Crippen molar-refractivity contribution in [3.8, 4) is 0 Å². The Morgan fingerprint density at radius 2 is 1.17 bits per heavy atom. The van der Waals surface area contributed by atoms with E-state index < -0.39 is 0 Å². The first kappa shape index (κ1) is 13.9. The van der Waals surface area contributed by atoms with Crippen LogP contribution >= 0.6 is 0 Å². The lowest BCUT2D eigenvalue weighted by Crippen LogP contribution is -2.31. The summed E-state index contributed by atoms with van der Waals surface area (Å²) in [6, 6.07) is 0. The number of allylic oxidation sites excluding steroid dienone is 2. The maximum Gasteiger partial charge on any atom is -0.0351 e. The molecule has 2 rings (SSSR count). The fourth-order valence-electron chi connectivity index (χ4n) is 4.32. The van der Waals surface area contributed by atoms with Crippen LogP contribution in [0.4, 0.5) is 0 Å². The van der Waals surface area contributed by atoms with Gasteiger partial charge in [-0.25, -0.2) is 0 Å². The van der Waals surface area contributed by atoms with Gasteiger partial charge in [-0.05, 0) is 75.0 Å². The first-order chi connectivity index (χ1) is 8.83. The average Bonchev–Trinajstić information content (AvgIpc) is 2.42. The van der Waals surface area contributed by atoms with Gasteiger partial charge in [-0.3, -0.25) is 0 Å². The molecule has 0 aromatic heterocycles. The summed E-state index contributed by atoms with van der Waals surface area (Å²) in [5.41, 5.74) is 0. The summed E-state index contributed by atoms with van der Waals surface area (Å²) in [5.74, 6) is 4.14. The lowest BCUT2D eigenvalue weighted by atomic mass is 9.64. The molecule has 0 heterocycles. The van der Waals surface area contributed by atoms with Gasteiger partial charge in [0.25, 0.3) is 0 Å². The Labute approximate surface area is 114 Å². The molecule has 0 aromatic carbocycles. The molecule has 18 heavy (non-hydrogen) atoms. The van der Waals surface area contributed by atoms with E-state index in [0.29, 0.717) is 0 Å². The second-order valence-electron chi connectivity index (χ2n) is 6.61. The van der Waals surface area contributed by atoms with E-state index in [4.69, 9.17) is 0 Å². The van der Waals surface area contributed by atoms with Crippen LogP contribution < -0.4 is 0 Å². The summed E-state index contributed by atoms with van der Waals surface area (Å²) >= 11 is 0. The molecule has 0 N–H and O–H groups in total. The van der Waals surface area contributed by atoms with E-state index in [1.165, 1.54) is 64.2 Å². The van der Waals surface area contributed by atoms with Crippen molar-refractivity contribution in [2.45, 2.75) is 64.2 Å². The van der Waals surface area contributed by atoms with E-state index in [9.17, 15) is 0 Å². The highest BCUT2D eigenvalue weighted by atomic mass is 14.4. The normalized spacial score (nSPS) is 35.8. The van der Waals surface area contributed by atoms with Crippen LogP contribution in [0.3, 0.4) is 0 Å². The second-order valence-corrected chi connectivity index (χ2v) is 6.61. The number of fused-ring (bicyclic) bond motifs is 1. The summed E-state index contributed by atoms with van der Waals surface area (Å²) < 4.78 is 0. The Bertz CT molecular complexity index is 237. The van der Waals surface area contributed by atoms with Crippen LogP contribution in [-0.4, -0.2) is 0 Å². The van der Waals surface area contributed by atoms with Gasteiger partial charge in [-0.1, -0.05) is 25.0 Å². The number of hydrogen-bond donors (Lipinski definition) is 0. The Kier molecular flexibility index (Phi) is 5.53. The Balaban J connectivity index is 1.76. The maximum absolute atomic E-state index is 3.86. The van der Waals surface area contributed by atoms with Gasteiger partial charge in [0, 0.05) is 0 Å². The lowest BCUT2D eigenvalue weighted by Gasteiger charge is -2.42. The lowest BCUT2D eigenvalue weighted by molar-refractivity contribution is 0.0930. The summed E-state index contributed by atoms with van der Waals surface area (Å²) in [7, 11) is 0. The van der Waals surface area contributed by atoms with Gasteiger partial charge >= 0.3 is 0 Å². The Morgan fingerprint density at radius 3 is 1.56 bits per heavy atom. The summed E-state index contributed by atoms with van der Waals surface area (Å²) in [6.45, 7) is 7.71. The molecule has 0 heteroatoms. The van der Waals surface area contributed by atoms with Gasteiger partial charge in [0.05, 0.1) is 0 Å². The topological polar surface area (TPSA) is 0 Å². The molecule has 4 atom stereocenters. The average molecular weight is 246 g/mol. The molecule has 0 saturated heterocycles. The molecule has 0 bridgehead atoms. The summed E-state index contributed by atoms with van der Waals surface area (Å²) in [6.07, 6.45) is 18.5. The van der Waals surface area contributed by atoms with Crippen molar-refractivity contribution in [2.24, 2.45) is 23.7 Å². The molecule has 102 valence electrons. The minimum atomic E-state index is 1.01. The standard InChI is InChI=1S/C18H30/c1-3-5-7-15-9-11-18-14-16(8-6-4-2)10-12-17(18)13-15/h3-4,15-18H,1-2,5-14H2. The van der Waals surface area contributed by atoms with Crippen molar-refractivity contribution in [1.29, 1.82) is 0 Å². The monoisotopic (exact) mass is 246 g/mol. The minimum Gasteiger partial charge on any atom is -0.103 e. The Morgan fingerprint density at radius 1 is 0.722 bits per heavy atom. The van der Waals surface area contributed by atoms with Crippen LogP contribution in [0.15, 0.2) is 25.3 Å². The third-order valence-electron chi connectivity index (χ3n) is 5.39. The van der Waals surface area contributed by atoms with Crippen LogP contribution in [0.2, 0.25) is 0 Å². The molecule has 0 amide bonds. The van der Waals surface area contributed by atoms with Crippen molar-refractivity contribution < 1.29 is 0 Å². The third kappa shape index (κ3) is 3.73. The van der Waals surface area contributed by atoms with Gasteiger partial charge in [-0.2, -0.15) is 0 Å². The second kappa shape index (κ2) is 7.16. The number of hydrogen-bond acceptors (Lipinski definition) is 0. The van der Waals surface area contributed by atoms with Gasteiger partial charge in [0.15, 0.2) is 0 Å². The number of rotatable bonds is 6. The highest BCUT2D eigenvalue weighted by Gasteiger charge is 2.34. The van der Waals surface area contributed by atoms with Gasteiger partial charge < -0.3 is 0 Å². The van der Waals surface area contributed by atoms with E-state index in [-0.39, 0.29) is 0 Å². The molecular weight excluding hydrogens is 216 g/mol. The molecular formula is C18H30. The SMILES string of the molecule is C=CCCC1CCC2CC(CCC=C)CCC2C1. The summed E-state index contributed by atoms with van der Waals surface area (Å²) in [5, 5.41) is 0. The first-order valence-corrected chi connectivity index (χ1v) is 8.05. The molecule has 2 aliphatic carbocycles. The fourth-order valence-corrected chi connectivity index (χ4v) is 4.32. The van der Waals surface area contributed by atoms with Crippen molar-refractivity contribution >= 4 is 0 Å². The smallest absolute Gasteiger partial charge is 0.0351 e. The molecule has 2 saturated carbocycles. The highest BCUT2D eigenvalue weighted by molar-refractivity contribution is 4.87. The zero-order chi connectivity index (χ0) is 12.8. The molecule has 0 nitrogen and oxygen atoms in total. The van der Waals surface area contributed by atoms with Crippen LogP contribution in [0, 0.1) is 23.7 Å². The minimum absolute atomic E-state index is 1.01. The first-order valence-electron chi connectivity index (χ1n) is 8.05. The quantitative estimate of drug-likeness (QED) is 0.523. The predicted octanol–water partition coefficient (Wildman–Crippen LogP) is 5.75. The van der Waals surface area contributed by atoms with Gasteiger partial charge in [0.2, 0.25) is 0 Å². The van der Waals surface area contributed by atoms with Crippen LogP contribution in [0.1, 0.15) is 64.2 Å². The Hall–Kier alpha value is -0.520. The van der Waals surface area contributed by atoms with Crippen molar-refractivity contribution in [3.63, 3.8) is 0 Å². The van der Waals surface area contributed by atoms with E-state index in [1.807, 2.05) is 0 Å². The molecule has 2 fully saturated rings. The molecule has 2 aliphatic rings. The summed E-state index contributed by atoms with van der Waals surface area (Å²) in [4.78, 5) is 0. The largest absolute Gasteiger partial charge is 0.103 e. The zero-order valence-corrected chi connectivity index (χ0v) is 11.9. The van der Waals surface area contributed by atoms with Gasteiger partial charge in [0.1, 0.15) is 0 Å². The maximum atomic E-state index is 3.86. The van der Waals surface area contributed by atoms with Crippen LogP contribution in [-0.2, 0) is 0 Å². The van der Waals surface area contributed by atoms with E-state index in [0.717, 1.165) is 23.7 Å². The third-order valence-corrected chi connectivity index (χ3v) is 5.39.